The van der Waals surface area contributed by atoms with Gasteiger partial charge in [-0.25, -0.2) is 4.98 Å². The van der Waals surface area contributed by atoms with E-state index in [2.05, 4.69) is 17.1 Å². The molecule has 1 unspecified atom stereocenters. The second kappa shape index (κ2) is 9.62. The van der Waals surface area contributed by atoms with Crippen LogP contribution in [0.4, 0.5) is 0 Å². The molecule has 0 saturated carbocycles. The third-order valence-corrected chi connectivity index (χ3v) is 5.54. The molecule has 0 amide bonds. The lowest BCUT2D eigenvalue weighted by atomic mass is 9.94. The maximum absolute atomic E-state index is 11.3. The van der Waals surface area contributed by atoms with E-state index in [1.54, 1.807) is 53.2 Å². The summed E-state index contributed by atoms with van der Waals surface area (Å²) >= 11 is 14.1. The third-order valence-electron chi connectivity index (χ3n) is 4.02. The van der Waals surface area contributed by atoms with E-state index in [0.29, 0.717) is 22.2 Å². The van der Waals surface area contributed by atoms with Crippen LogP contribution in [0.15, 0.2) is 72.1 Å². The summed E-state index contributed by atoms with van der Waals surface area (Å²) in [5, 5.41) is 12.3. The minimum Gasteiger partial charge on any atom is -0.381 e. The van der Waals surface area contributed by atoms with E-state index >= 15 is 0 Å². The highest BCUT2D eigenvalue weighted by Gasteiger charge is 2.32. The van der Waals surface area contributed by atoms with E-state index < -0.39 is 5.60 Å². The molecule has 2 aromatic carbocycles. The molecule has 1 aromatic heterocycles. The fraction of sp³-hybridized carbons (Fsp3) is 0.250. The molecule has 1 atom stereocenters. The van der Waals surface area contributed by atoms with Crippen LogP contribution >= 0.6 is 35.0 Å². The van der Waals surface area contributed by atoms with Crippen LogP contribution in [0.5, 0.6) is 0 Å². The van der Waals surface area contributed by atoms with Crippen molar-refractivity contribution in [2.45, 2.75) is 17.0 Å². The Morgan fingerprint density at radius 2 is 1.96 bits per heavy atom. The van der Waals surface area contributed by atoms with Gasteiger partial charge in [0.25, 0.3) is 0 Å². The summed E-state index contributed by atoms with van der Waals surface area (Å²) in [5.41, 5.74) is -0.710. The number of aliphatic hydroxyl groups is 1. The van der Waals surface area contributed by atoms with Gasteiger partial charge in [0.05, 0.1) is 26.1 Å². The lowest BCUT2D eigenvalue weighted by Crippen LogP contribution is -2.37. The van der Waals surface area contributed by atoms with Gasteiger partial charge in [-0.1, -0.05) is 47.5 Å². The van der Waals surface area contributed by atoms with Gasteiger partial charge < -0.3 is 14.4 Å². The zero-order valence-corrected chi connectivity index (χ0v) is 16.9. The molecule has 1 heterocycles. The number of aromatic nitrogens is 2. The molecule has 4 nitrogen and oxygen atoms in total. The van der Waals surface area contributed by atoms with E-state index in [1.807, 2.05) is 18.2 Å². The lowest BCUT2D eigenvalue weighted by Gasteiger charge is -2.30. The summed E-state index contributed by atoms with van der Waals surface area (Å²) in [7, 11) is 0. The number of hydrogen-bond acceptors (Lipinski definition) is 4. The van der Waals surface area contributed by atoms with Crippen LogP contribution in [0.25, 0.3) is 0 Å². The molecule has 3 aromatic rings. The zero-order chi connectivity index (χ0) is 19.1. The Labute approximate surface area is 173 Å². The number of thioether (sulfide) groups is 1. The molecule has 0 aliphatic carbocycles. The summed E-state index contributed by atoms with van der Waals surface area (Å²) in [4.78, 5) is 5.22. The second-order valence-electron chi connectivity index (χ2n) is 6.10. The van der Waals surface area contributed by atoms with E-state index in [9.17, 15) is 5.11 Å². The van der Waals surface area contributed by atoms with Gasteiger partial charge >= 0.3 is 0 Å². The van der Waals surface area contributed by atoms with Gasteiger partial charge in [-0.3, -0.25) is 0 Å². The highest BCUT2D eigenvalue weighted by molar-refractivity contribution is 7.99. The average molecular weight is 423 g/mol. The number of imidazole rings is 1. The lowest BCUT2D eigenvalue weighted by molar-refractivity contribution is -0.0589. The van der Waals surface area contributed by atoms with Crippen LogP contribution in [0.1, 0.15) is 5.56 Å². The SMILES string of the molecule is OC(COCCSc1ccccc1)(Cn1ccnc1)c1ccc(Cl)cc1Cl. The van der Waals surface area contributed by atoms with Gasteiger partial charge in [0, 0.05) is 38.7 Å². The summed E-state index contributed by atoms with van der Waals surface area (Å²) in [6.07, 6.45) is 5.11. The average Bonchev–Trinajstić information content (AvgIpc) is 3.15. The Kier molecular flexibility index (Phi) is 7.21. The topological polar surface area (TPSA) is 47.3 Å². The van der Waals surface area contributed by atoms with Crippen LogP contribution in [-0.2, 0) is 16.9 Å². The van der Waals surface area contributed by atoms with Crippen LogP contribution < -0.4 is 0 Å². The predicted octanol–water partition coefficient (Wildman–Crippen LogP) is 4.89. The maximum Gasteiger partial charge on any atom is 0.132 e. The first-order valence-electron chi connectivity index (χ1n) is 8.46. The minimum atomic E-state index is -1.29. The fourth-order valence-corrected chi connectivity index (χ4v) is 4.10. The normalized spacial score (nSPS) is 13.4. The number of halogens is 2. The van der Waals surface area contributed by atoms with Crippen molar-refractivity contribution >= 4 is 35.0 Å². The monoisotopic (exact) mass is 422 g/mol. The van der Waals surface area contributed by atoms with E-state index in [1.165, 1.54) is 4.90 Å². The second-order valence-corrected chi connectivity index (χ2v) is 8.12. The number of rotatable bonds is 9. The largest absolute Gasteiger partial charge is 0.381 e. The number of hydrogen-bond donors (Lipinski definition) is 1. The minimum absolute atomic E-state index is 0.113. The molecule has 0 saturated heterocycles. The Morgan fingerprint density at radius 3 is 2.67 bits per heavy atom. The summed E-state index contributed by atoms with van der Waals surface area (Å²) < 4.78 is 7.61. The maximum atomic E-state index is 11.3. The van der Waals surface area contributed by atoms with E-state index in [0.717, 1.165) is 5.75 Å². The highest BCUT2D eigenvalue weighted by atomic mass is 35.5. The van der Waals surface area contributed by atoms with Gasteiger partial charge in [-0.05, 0) is 24.3 Å². The number of ether oxygens (including phenoxy) is 1. The number of nitrogens with zero attached hydrogens (tertiary/aromatic N) is 2. The van der Waals surface area contributed by atoms with Crippen molar-refractivity contribution in [3.8, 4) is 0 Å². The van der Waals surface area contributed by atoms with Gasteiger partial charge in [-0.2, -0.15) is 0 Å². The van der Waals surface area contributed by atoms with Crippen molar-refractivity contribution in [1.29, 1.82) is 0 Å². The van der Waals surface area contributed by atoms with Gasteiger partial charge in [-0.15, -0.1) is 11.8 Å². The molecule has 142 valence electrons. The molecular formula is C20H20Cl2N2O2S. The van der Waals surface area contributed by atoms with E-state index in [-0.39, 0.29) is 13.2 Å². The molecule has 3 rings (SSSR count). The molecule has 0 aliphatic rings. The van der Waals surface area contributed by atoms with Crippen molar-refractivity contribution in [3.05, 3.63) is 82.9 Å². The van der Waals surface area contributed by atoms with E-state index in [4.69, 9.17) is 27.9 Å². The van der Waals surface area contributed by atoms with Crippen molar-refractivity contribution in [2.75, 3.05) is 19.0 Å². The summed E-state index contributed by atoms with van der Waals surface area (Å²) in [5.74, 6) is 0.791. The van der Waals surface area contributed by atoms with Crippen LogP contribution in [-0.4, -0.2) is 33.6 Å². The Hall–Kier alpha value is -1.50. The highest BCUT2D eigenvalue weighted by Crippen LogP contribution is 2.32. The Morgan fingerprint density at radius 1 is 1.15 bits per heavy atom. The molecule has 1 N–H and O–H groups in total. The molecule has 0 aliphatic heterocycles. The Bertz CT molecular complexity index is 846. The standard InChI is InChI=1S/C20H20Cl2N2O2S/c21-16-6-7-18(19(22)12-16)20(25,13-24-9-8-23-15-24)14-26-10-11-27-17-4-2-1-3-5-17/h1-9,12,15,25H,10-11,13-14H2. The van der Waals surface area contributed by atoms with Crippen LogP contribution in [0, 0.1) is 0 Å². The molecule has 27 heavy (non-hydrogen) atoms. The summed E-state index contributed by atoms with van der Waals surface area (Å²) in [6.45, 7) is 0.902. The first kappa shape index (κ1) is 20.2. The molecule has 0 bridgehead atoms. The first-order chi connectivity index (χ1) is 13.1. The molecule has 0 radical (unpaired) electrons. The smallest absolute Gasteiger partial charge is 0.132 e. The van der Waals surface area contributed by atoms with Crippen molar-refractivity contribution < 1.29 is 9.84 Å². The quantitative estimate of drug-likeness (QED) is 0.393. The zero-order valence-electron chi connectivity index (χ0n) is 14.6. The van der Waals surface area contributed by atoms with Crippen LogP contribution in [0.2, 0.25) is 10.0 Å². The number of benzene rings is 2. The molecule has 7 heteroatoms. The fourth-order valence-electron chi connectivity index (χ4n) is 2.73. The first-order valence-corrected chi connectivity index (χ1v) is 10.2. The van der Waals surface area contributed by atoms with Gasteiger partial charge in [0.1, 0.15) is 5.60 Å². The molecular weight excluding hydrogens is 403 g/mol. The predicted molar refractivity (Wildman–Crippen MR) is 111 cm³/mol. The van der Waals surface area contributed by atoms with Gasteiger partial charge in [0.2, 0.25) is 0 Å². The van der Waals surface area contributed by atoms with Crippen molar-refractivity contribution in [3.63, 3.8) is 0 Å². The van der Waals surface area contributed by atoms with Crippen molar-refractivity contribution in [1.82, 2.24) is 9.55 Å². The van der Waals surface area contributed by atoms with Crippen molar-refractivity contribution in [2.24, 2.45) is 0 Å². The van der Waals surface area contributed by atoms with Gasteiger partial charge in [0.15, 0.2) is 0 Å². The summed E-state index contributed by atoms with van der Waals surface area (Å²) in [6, 6.07) is 15.2. The molecule has 0 fully saturated rings. The molecule has 0 spiro atoms. The Balaban J connectivity index is 1.64. The van der Waals surface area contributed by atoms with Crippen LogP contribution in [0.3, 0.4) is 0 Å². The third kappa shape index (κ3) is 5.74.